The zero-order chi connectivity index (χ0) is 17.2. The van der Waals surface area contributed by atoms with E-state index in [1.54, 1.807) is 24.3 Å². The summed E-state index contributed by atoms with van der Waals surface area (Å²) >= 11 is 0. The number of amides is 1. The van der Waals surface area contributed by atoms with E-state index in [0.29, 0.717) is 11.7 Å². The van der Waals surface area contributed by atoms with Crippen LogP contribution in [0.5, 0.6) is 5.75 Å². The number of carbonyl (C=O) groups excluding carboxylic acids is 1. The van der Waals surface area contributed by atoms with Crippen molar-refractivity contribution in [3.63, 3.8) is 0 Å². The lowest BCUT2D eigenvalue weighted by Gasteiger charge is -2.08. The number of phenols is 1. The summed E-state index contributed by atoms with van der Waals surface area (Å²) in [5.41, 5.74) is 2.41. The molecule has 7 nitrogen and oxygen atoms in total. The Bertz CT molecular complexity index is 900. The lowest BCUT2D eigenvalue weighted by atomic mass is 10.1. The predicted octanol–water partition coefficient (Wildman–Crippen LogP) is 2.56. The number of aromatic hydroxyl groups is 1. The molecule has 0 bridgehead atoms. The van der Waals surface area contributed by atoms with Crippen molar-refractivity contribution in [2.75, 3.05) is 5.32 Å². The van der Waals surface area contributed by atoms with Crippen LogP contribution >= 0.6 is 0 Å². The third-order valence-corrected chi connectivity index (χ3v) is 4.09. The third kappa shape index (κ3) is 3.50. The van der Waals surface area contributed by atoms with Crippen LogP contribution in [0.1, 0.15) is 24.4 Å². The van der Waals surface area contributed by atoms with Crippen molar-refractivity contribution in [3.8, 4) is 17.1 Å². The number of tetrazole rings is 1. The average molecular weight is 335 g/mol. The summed E-state index contributed by atoms with van der Waals surface area (Å²) in [6, 6.07) is 14.5. The standard InChI is InChI=1S/C18H17N5O2/c24-16-8-4-12(5-9-16)10-17(25)19-14-3-1-2-13(11-14)18-20-21-22-23(18)15-6-7-15/h1-5,8-9,11,15,24H,6-7,10H2,(H,19,25). The fourth-order valence-electron chi connectivity index (χ4n) is 2.69. The van der Waals surface area contributed by atoms with Crippen LogP contribution in [0.25, 0.3) is 11.4 Å². The number of rotatable bonds is 5. The maximum absolute atomic E-state index is 12.2. The van der Waals surface area contributed by atoms with Crippen LogP contribution in [0.2, 0.25) is 0 Å². The van der Waals surface area contributed by atoms with Crippen molar-refractivity contribution < 1.29 is 9.90 Å². The Labute approximate surface area is 144 Å². The van der Waals surface area contributed by atoms with Crippen LogP contribution in [0, 0.1) is 0 Å². The third-order valence-electron chi connectivity index (χ3n) is 4.09. The van der Waals surface area contributed by atoms with Crippen molar-refractivity contribution in [2.24, 2.45) is 0 Å². The van der Waals surface area contributed by atoms with Crippen molar-refractivity contribution in [1.82, 2.24) is 20.2 Å². The zero-order valence-corrected chi connectivity index (χ0v) is 13.5. The SMILES string of the molecule is O=C(Cc1ccc(O)cc1)Nc1cccc(-c2nnnn2C2CC2)c1. The molecule has 1 aliphatic rings. The highest BCUT2D eigenvalue weighted by molar-refractivity contribution is 5.92. The van der Waals surface area contributed by atoms with Gasteiger partial charge in [-0.3, -0.25) is 4.79 Å². The number of aromatic nitrogens is 4. The summed E-state index contributed by atoms with van der Waals surface area (Å²) in [6.07, 6.45) is 2.44. The summed E-state index contributed by atoms with van der Waals surface area (Å²) in [5, 5.41) is 24.1. The van der Waals surface area contributed by atoms with Gasteiger partial charge in [-0.1, -0.05) is 24.3 Å². The minimum Gasteiger partial charge on any atom is -0.508 e. The predicted molar refractivity (Wildman–Crippen MR) is 92.0 cm³/mol. The topological polar surface area (TPSA) is 92.9 Å². The molecule has 4 rings (SSSR count). The number of benzene rings is 2. The molecule has 0 aliphatic heterocycles. The highest BCUT2D eigenvalue weighted by Gasteiger charge is 2.28. The molecule has 0 spiro atoms. The lowest BCUT2D eigenvalue weighted by Crippen LogP contribution is -2.14. The normalized spacial score (nSPS) is 13.6. The Morgan fingerprint density at radius 3 is 2.76 bits per heavy atom. The van der Waals surface area contributed by atoms with Crippen LogP contribution < -0.4 is 5.32 Å². The van der Waals surface area contributed by atoms with E-state index in [2.05, 4.69) is 20.8 Å². The number of nitrogens with one attached hydrogen (secondary N) is 1. The second-order valence-corrected chi connectivity index (χ2v) is 6.15. The molecule has 2 aromatic carbocycles. The van der Waals surface area contributed by atoms with Gasteiger partial charge in [0.1, 0.15) is 5.75 Å². The summed E-state index contributed by atoms with van der Waals surface area (Å²) in [6.45, 7) is 0. The number of nitrogens with zero attached hydrogens (tertiary/aromatic N) is 4. The molecule has 1 saturated carbocycles. The Kier molecular flexibility index (Phi) is 3.89. The monoisotopic (exact) mass is 335 g/mol. The van der Waals surface area contributed by atoms with Crippen LogP contribution in [0.3, 0.4) is 0 Å². The Balaban J connectivity index is 1.48. The smallest absolute Gasteiger partial charge is 0.228 e. The molecule has 0 unspecified atom stereocenters. The first-order chi connectivity index (χ1) is 12.2. The summed E-state index contributed by atoms with van der Waals surface area (Å²) in [7, 11) is 0. The second kappa shape index (κ2) is 6.35. The minimum atomic E-state index is -0.121. The van der Waals surface area contributed by atoms with Gasteiger partial charge in [0, 0.05) is 11.3 Å². The molecule has 7 heteroatoms. The van der Waals surface area contributed by atoms with E-state index in [0.717, 1.165) is 29.8 Å². The number of hydrogen-bond donors (Lipinski definition) is 2. The maximum Gasteiger partial charge on any atom is 0.228 e. The number of hydrogen-bond acceptors (Lipinski definition) is 5. The molecule has 25 heavy (non-hydrogen) atoms. The summed E-state index contributed by atoms with van der Waals surface area (Å²) in [5.74, 6) is 0.784. The fourth-order valence-corrected chi connectivity index (χ4v) is 2.69. The van der Waals surface area contributed by atoms with Gasteiger partial charge in [-0.05, 0) is 53.1 Å². The second-order valence-electron chi connectivity index (χ2n) is 6.15. The molecule has 3 aromatic rings. The zero-order valence-electron chi connectivity index (χ0n) is 13.5. The van der Waals surface area contributed by atoms with Crippen LogP contribution in [0.4, 0.5) is 5.69 Å². The lowest BCUT2D eigenvalue weighted by molar-refractivity contribution is -0.115. The largest absolute Gasteiger partial charge is 0.508 e. The summed E-state index contributed by atoms with van der Waals surface area (Å²) < 4.78 is 1.84. The van der Waals surface area contributed by atoms with Gasteiger partial charge in [0.2, 0.25) is 5.91 Å². The van der Waals surface area contributed by atoms with Gasteiger partial charge in [-0.2, -0.15) is 0 Å². The molecule has 1 heterocycles. The van der Waals surface area contributed by atoms with Crippen molar-refractivity contribution in [3.05, 3.63) is 54.1 Å². The van der Waals surface area contributed by atoms with Crippen molar-refractivity contribution >= 4 is 11.6 Å². The number of carbonyl (C=O) groups is 1. The first-order valence-corrected chi connectivity index (χ1v) is 8.15. The van der Waals surface area contributed by atoms with E-state index < -0.39 is 0 Å². The first kappa shape index (κ1) is 15.3. The summed E-state index contributed by atoms with van der Waals surface area (Å²) in [4.78, 5) is 12.2. The van der Waals surface area contributed by atoms with E-state index in [1.165, 1.54) is 0 Å². The van der Waals surface area contributed by atoms with Crippen molar-refractivity contribution in [1.29, 1.82) is 0 Å². The Morgan fingerprint density at radius 1 is 1.20 bits per heavy atom. The average Bonchev–Trinajstić information content (AvgIpc) is 3.34. The molecule has 1 aliphatic carbocycles. The van der Waals surface area contributed by atoms with Gasteiger partial charge in [0.15, 0.2) is 5.82 Å². The van der Waals surface area contributed by atoms with Gasteiger partial charge in [-0.15, -0.1) is 5.10 Å². The van der Waals surface area contributed by atoms with E-state index in [9.17, 15) is 9.90 Å². The highest BCUT2D eigenvalue weighted by Crippen LogP contribution is 2.36. The number of anilines is 1. The molecule has 1 fully saturated rings. The van der Waals surface area contributed by atoms with Gasteiger partial charge in [-0.25, -0.2) is 4.68 Å². The van der Waals surface area contributed by atoms with Crippen LogP contribution in [-0.4, -0.2) is 31.2 Å². The van der Waals surface area contributed by atoms with E-state index in [4.69, 9.17) is 0 Å². The molecule has 1 amide bonds. The van der Waals surface area contributed by atoms with E-state index >= 15 is 0 Å². The van der Waals surface area contributed by atoms with Gasteiger partial charge < -0.3 is 10.4 Å². The quantitative estimate of drug-likeness (QED) is 0.747. The van der Waals surface area contributed by atoms with E-state index in [-0.39, 0.29) is 18.1 Å². The number of phenolic OH excluding ortho intramolecular Hbond substituents is 1. The molecule has 0 saturated heterocycles. The molecule has 126 valence electrons. The minimum absolute atomic E-state index is 0.121. The molecule has 0 radical (unpaired) electrons. The molecule has 0 atom stereocenters. The molecular formula is C18H17N5O2. The molecule has 1 aromatic heterocycles. The van der Waals surface area contributed by atoms with Crippen LogP contribution in [0.15, 0.2) is 48.5 Å². The van der Waals surface area contributed by atoms with Gasteiger partial charge in [0.25, 0.3) is 0 Å². The van der Waals surface area contributed by atoms with Gasteiger partial charge >= 0.3 is 0 Å². The van der Waals surface area contributed by atoms with Crippen molar-refractivity contribution in [2.45, 2.75) is 25.3 Å². The maximum atomic E-state index is 12.2. The molecular weight excluding hydrogens is 318 g/mol. The molecule has 2 N–H and O–H groups in total. The first-order valence-electron chi connectivity index (χ1n) is 8.15. The fraction of sp³-hybridized carbons (Fsp3) is 0.222. The Morgan fingerprint density at radius 2 is 2.00 bits per heavy atom. The van der Waals surface area contributed by atoms with Crippen LogP contribution in [-0.2, 0) is 11.2 Å². The van der Waals surface area contributed by atoms with E-state index in [1.807, 2.05) is 28.9 Å². The van der Waals surface area contributed by atoms with Gasteiger partial charge in [0.05, 0.1) is 12.5 Å². The Hall–Kier alpha value is -3.22. The highest BCUT2D eigenvalue weighted by atomic mass is 16.3.